The fourth-order valence-corrected chi connectivity index (χ4v) is 3.57. The molecule has 0 aliphatic carbocycles. The molecule has 0 bridgehead atoms. The summed E-state index contributed by atoms with van der Waals surface area (Å²) in [7, 11) is 1.24. The van der Waals surface area contributed by atoms with Crippen molar-refractivity contribution in [3.05, 3.63) is 0 Å². The Balaban J connectivity index is 4.50. The van der Waals surface area contributed by atoms with E-state index in [1.54, 1.807) is 6.92 Å². The molecule has 1 unspecified atom stereocenters. The molecule has 0 rings (SSSR count). The summed E-state index contributed by atoms with van der Waals surface area (Å²) in [6.07, 6.45) is 3.39. The molecule has 0 fully saturated rings. The van der Waals surface area contributed by atoms with Gasteiger partial charge in [0, 0.05) is 17.3 Å². The Labute approximate surface area is 113 Å². The molecule has 0 amide bonds. The first-order chi connectivity index (χ1) is 8.25. The first-order valence-corrected chi connectivity index (χ1v) is 8.71. The van der Waals surface area contributed by atoms with Crippen LogP contribution in [0.5, 0.6) is 0 Å². The first kappa shape index (κ1) is 17.9. The van der Waals surface area contributed by atoms with E-state index in [1.165, 1.54) is 0 Å². The smallest absolute Gasteiger partial charge is 0.150 e. The van der Waals surface area contributed by atoms with E-state index in [1.807, 2.05) is 0 Å². The van der Waals surface area contributed by atoms with Gasteiger partial charge in [0.25, 0.3) is 0 Å². The van der Waals surface area contributed by atoms with Crippen molar-refractivity contribution in [3.8, 4) is 0 Å². The van der Waals surface area contributed by atoms with Crippen LogP contribution in [-0.2, 0) is 9.84 Å². The van der Waals surface area contributed by atoms with E-state index in [9.17, 15) is 8.42 Å². The normalized spacial score (nSPS) is 15.1. The van der Waals surface area contributed by atoms with Gasteiger partial charge in [-0.15, -0.1) is 0 Å². The third-order valence-electron chi connectivity index (χ3n) is 4.22. The fourth-order valence-electron chi connectivity index (χ4n) is 2.67. The number of nitrogens with zero attached hydrogens (tertiary/aromatic N) is 1. The van der Waals surface area contributed by atoms with Gasteiger partial charge in [-0.2, -0.15) is 0 Å². The fraction of sp³-hybridized carbons (Fsp3) is 1.00. The van der Waals surface area contributed by atoms with Gasteiger partial charge in [-0.3, -0.25) is 0 Å². The summed E-state index contributed by atoms with van der Waals surface area (Å²) in [5.74, 6) is 0.483. The van der Waals surface area contributed by atoms with Crippen molar-refractivity contribution in [1.29, 1.82) is 0 Å². The Bertz CT molecular complexity index is 322. The van der Waals surface area contributed by atoms with Gasteiger partial charge in [0.15, 0.2) is 0 Å². The van der Waals surface area contributed by atoms with Crippen LogP contribution in [0.4, 0.5) is 0 Å². The lowest BCUT2D eigenvalue weighted by molar-refractivity contribution is 0.101. The Morgan fingerprint density at radius 2 is 1.67 bits per heavy atom. The van der Waals surface area contributed by atoms with E-state index in [0.29, 0.717) is 6.42 Å². The molecule has 0 aliphatic heterocycles. The van der Waals surface area contributed by atoms with Crippen LogP contribution < -0.4 is 5.73 Å². The highest BCUT2D eigenvalue weighted by molar-refractivity contribution is 7.91. The maximum atomic E-state index is 11.5. The number of hydrogen-bond donors (Lipinski definition) is 1. The van der Waals surface area contributed by atoms with E-state index in [2.05, 4.69) is 32.8 Å². The van der Waals surface area contributed by atoms with Crippen LogP contribution in [0.2, 0.25) is 0 Å². The zero-order chi connectivity index (χ0) is 14.4. The van der Waals surface area contributed by atoms with Crippen molar-refractivity contribution in [2.24, 2.45) is 5.73 Å². The molecule has 0 aromatic rings. The van der Waals surface area contributed by atoms with Crippen molar-refractivity contribution in [2.75, 3.05) is 25.6 Å². The van der Waals surface area contributed by atoms with E-state index >= 15 is 0 Å². The number of nitrogens with two attached hydrogens (primary N) is 1. The SMILES string of the molecule is CCC(CC)(C(N)CCCS(=O)(=O)CC)N(C)C. The molecule has 0 saturated carbocycles. The minimum absolute atomic E-state index is 0.0179. The second-order valence-corrected chi connectivity index (χ2v) is 7.66. The molecule has 0 saturated heterocycles. The quantitative estimate of drug-likeness (QED) is 0.696. The van der Waals surface area contributed by atoms with Crippen LogP contribution in [0.1, 0.15) is 46.5 Å². The monoisotopic (exact) mass is 278 g/mol. The average Bonchev–Trinajstić information content (AvgIpc) is 2.30. The molecular formula is C13H30N2O2S. The summed E-state index contributed by atoms with van der Waals surface area (Å²) in [5.41, 5.74) is 6.29. The lowest BCUT2D eigenvalue weighted by Gasteiger charge is -2.43. The largest absolute Gasteiger partial charge is 0.326 e. The maximum Gasteiger partial charge on any atom is 0.150 e. The molecule has 1 atom stereocenters. The summed E-state index contributed by atoms with van der Waals surface area (Å²) < 4.78 is 22.9. The molecule has 5 heteroatoms. The minimum Gasteiger partial charge on any atom is -0.326 e. The van der Waals surface area contributed by atoms with Crippen LogP contribution in [0, 0.1) is 0 Å². The van der Waals surface area contributed by atoms with Gasteiger partial charge in [-0.25, -0.2) is 8.42 Å². The van der Waals surface area contributed by atoms with Crippen molar-refractivity contribution in [1.82, 2.24) is 4.90 Å². The zero-order valence-electron chi connectivity index (χ0n) is 12.6. The number of sulfone groups is 1. The molecule has 0 aliphatic rings. The van der Waals surface area contributed by atoms with Gasteiger partial charge in [0.2, 0.25) is 0 Å². The second kappa shape index (κ2) is 7.46. The number of rotatable bonds is 9. The van der Waals surface area contributed by atoms with Gasteiger partial charge >= 0.3 is 0 Å². The standard InChI is InChI=1S/C13H30N2O2S/c1-6-13(7-2,15(4)5)12(14)10-9-11-18(16,17)8-3/h12H,6-11,14H2,1-5H3. The van der Waals surface area contributed by atoms with E-state index in [0.717, 1.165) is 19.3 Å². The molecule has 0 aromatic heterocycles. The Morgan fingerprint density at radius 1 is 1.17 bits per heavy atom. The van der Waals surface area contributed by atoms with Crippen molar-refractivity contribution in [2.45, 2.75) is 58.0 Å². The van der Waals surface area contributed by atoms with E-state index in [-0.39, 0.29) is 23.1 Å². The van der Waals surface area contributed by atoms with E-state index < -0.39 is 9.84 Å². The van der Waals surface area contributed by atoms with E-state index in [4.69, 9.17) is 5.73 Å². The predicted octanol–water partition coefficient (Wildman–Crippen LogP) is 1.65. The first-order valence-electron chi connectivity index (χ1n) is 6.89. The van der Waals surface area contributed by atoms with Crippen molar-refractivity contribution < 1.29 is 8.42 Å². The van der Waals surface area contributed by atoms with Gasteiger partial charge in [0.05, 0.1) is 5.75 Å². The average molecular weight is 278 g/mol. The highest BCUT2D eigenvalue weighted by Crippen LogP contribution is 2.27. The molecule has 0 spiro atoms. The van der Waals surface area contributed by atoms with Crippen LogP contribution in [-0.4, -0.2) is 50.5 Å². The predicted molar refractivity (Wildman–Crippen MR) is 78.5 cm³/mol. The van der Waals surface area contributed by atoms with Crippen LogP contribution in [0.15, 0.2) is 0 Å². The Kier molecular flexibility index (Phi) is 7.40. The molecule has 18 heavy (non-hydrogen) atoms. The highest BCUT2D eigenvalue weighted by Gasteiger charge is 2.35. The third kappa shape index (κ3) is 4.52. The van der Waals surface area contributed by atoms with Gasteiger partial charge in [-0.1, -0.05) is 20.8 Å². The molecule has 0 heterocycles. The van der Waals surface area contributed by atoms with Gasteiger partial charge in [0.1, 0.15) is 9.84 Å². The summed E-state index contributed by atoms with van der Waals surface area (Å²) in [6.45, 7) is 5.98. The zero-order valence-corrected chi connectivity index (χ0v) is 13.4. The second-order valence-electron chi connectivity index (χ2n) is 5.19. The number of hydrogen-bond acceptors (Lipinski definition) is 4. The summed E-state index contributed by atoms with van der Waals surface area (Å²) >= 11 is 0. The van der Waals surface area contributed by atoms with Gasteiger partial charge in [-0.05, 0) is 39.8 Å². The maximum absolute atomic E-state index is 11.5. The van der Waals surface area contributed by atoms with Crippen LogP contribution >= 0.6 is 0 Å². The molecule has 4 nitrogen and oxygen atoms in total. The highest BCUT2D eigenvalue weighted by atomic mass is 32.2. The third-order valence-corrected chi connectivity index (χ3v) is 6.01. The lowest BCUT2D eigenvalue weighted by Crippen LogP contribution is -2.56. The Hall–Kier alpha value is -0.130. The van der Waals surface area contributed by atoms with Crippen LogP contribution in [0.3, 0.4) is 0 Å². The molecule has 0 aromatic carbocycles. The molecule has 0 radical (unpaired) electrons. The summed E-state index contributed by atoms with van der Waals surface area (Å²) in [5, 5.41) is 0. The molecule has 110 valence electrons. The number of likely N-dealkylation sites (N-methyl/N-ethyl adjacent to an activating group) is 1. The lowest BCUT2D eigenvalue weighted by atomic mass is 9.81. The minimum atomic E-state index is -2.86. The topological polar surface area (TPSA) is 63.4 Å². The molecular weight excluding hydrogens is 248 g/mol. The summed E-state index contributed by atoms with van der Waals surface area (Å²) in [4.78, 5) is 2.19. The van der Waals surface area contributed by atoms with Crippen molar-refractivity contribution >= 4 is 9.84 Å². The van der Waals surface area contributed by atoms with Crippen LogP contribution in [0.25, 0.3) is 0 Å². The van der Waals surface area contributed by atoms with Gasteiger partial charge < -0.3 is 10.6 Å². The Morgan fingerprint density at radius 3 is 2.00 bits per heavy atom. The molecule has 2 N–H and O–H groups in total. The summed E-state index contributed by atoms with van der Waals surface area (Å²) in [6, 6.07) is 0.0227. The van der Waals surface area contributed by atoms with Crippen molar-refractivity contribution in [3.63, 3.8) is 0 Å².